The van der Waals surface area contributed by atoms with E-state index in [0.29, 0.717) is 22.8 Å². The molecule has 0 aliphatic heterocycles. The fourth-order valence-electron chi connectivity index (χ4n) is 5.89. The van der Waals surface area contributed by atoms with E-state index in [1.807, 2.05) is 24.3 Å². The minimum atomic E-state index is -0.401. The van der Waals surface area contributed by atoms with Crippen LogP contribution in [0.15, 0.2) is 42.5 Å². The first kappa shape index (κ1) is 29.9. The molecule has 3 rings (SSSR count). The first-order valence-corrected chi connectivity index (χ1v) is 15.5. The van der Waals surface area contributed by atoms with Crippen LogP contribution in [0.3, 0.4) is 0 Å². The maximum Gasteiger partial charge on any atom is 0.343 e. The third-order valence-corrected chi connectivity index (χ3v) is 8.37. The van der Waals surface area contributed by atoms with Crippen LogP contribution in [-0.4, -0.2) is 5.97 Å². The number of benzene rings is 2. The number of rotatable bonds is 16. The molecular formula is C35H49NO2. The summed E-state index contributed by atoms with van der Waals surface area (Å²) in [6.07, 6.45) is 22.0. The Bertz CT molecular complexity index is 996. The Balaban J connectivity index is 1.43. The van der Waals surface area contributed by atoms with Gasteiger partial charge in [0.05, 0.1) is 11.1 Å². The van der Waals surface area contributed by atoms with Gasteiger partial charge in [-0.05, 0) is 85.8 Å². The van der Waals surface area contributed by atoms with Crippen LogP contribution in [-0.2, 0) is 6.42 Å². The third kappa shape index (κ3) is 9.94. The molecule has 2 aromatic carbocycles. The summed E-state index contributed by atoms with van der Waals surface area (Å²) in [6, 6.07) is 15.8. The Hall–Kier alpha value is -2.60. The average Bonchev–Trinajstić information content (AvgIpc) is 2.96. The number of carbonyl (C=O) groups excluding carboxylic acids is 1. The van der Waals surface area contributed by atoms with Crippen LogP contribution in [0.2, 0.25) is 0 Å². The lowest BCUT2D eigenvalue weighted by atomic mass is 9.77. The van der Waals surface area contributed by atoms with Gasteiger partial charge in [0, 0.05) is 0 Å². The number of carbonyl (C=O) groups is 1. The molecule has 206 valence electrons. The molecule has 0 amide bonds. The van der Waals surface area contributed by atoms with Crippen LogP contribution in [0.1, 0.15) is 150 Å². The van der Waals surface area contributed by atoms with E-state index in [0.717, 1.165) is 24.3 Å². The average molecular weight is 516 g/mol. The second kappa shape index (κ2) is 17.1. The third-order valence-electron chi connectivity index (χ3n) is 8.37. The predicted molar refractivity (Wildman–Crippen MR) is 158 cm³/mol. The summed E-state index contributed by atoms with van der Waals surface area (Å²) in [7, 11) is 0. The smallest absolute Gasteiger partial charge is 0.343 e. The Morgan fingerprint density at radius 3 is 2.11 bits per heavy atom. The second-order valence-corrected chi connectivity index (χ2v) is 11.4. The van der Waals surface area contributed by atoms with Gasteiger partial charge in [-0.1, -0.05) is 103 Å². The van der Waals surface area contributed by atoms with Crippen molar-refractivity contribution in [3.05, 3.63) is 64.7 Å². The van der Waals surface area contributed by atoms with E-state index in [9.17, 15) is 10.1 Å². The fourth-order valence-corrected chi connectivity index (χ4v) is 5.89. The van der Waals surface area contributed by atoms with Gasteiger partial charge < -0.3 is 4.74 Å². The number of nitrogens with zero attached hydrogens (tertiary/aromatic N) is 1. The normalized spacial score (nSPS) is 17.2. The van der Waals surface area contributed by atoms with Crippen molar-refractivity contribution in [2.24, 2.45) is 5.92 Å². The molecule has 0 bridgehead atoms. The molecule has 1 saturated carbocycles. The van der Waals surface area contributed by atoms with Gasteiger partial charge in [-0.25, -0.2) is 4.79 Å². The van der Waals surface area contributed by atoms with Gasteiger partial charge in [-0.2, -0.15) is 5.26 Å². The van der Waals surface area contributed by atoms with E-state index in [4.69, 9.17) is 4.74 Å². The number of unbranched alkanes of at least 4 members (excludes halogenated alkanes) is 9. The van der Waals surface area contributed by atoms with Crippen LogP contribution in [0.25, 0.3) is 0 Å². The molecule has 0 atom stereocenters. The molecule has 0 aromatic heterocycles. The predicted octanol–water partition coefficient (Wildman–Crippen LogP) is 10.3. The maximum absolute atomic E-state index is 12.8. The maximum atomic E-state index is 12.8. The molecular weight excluding hydrogens is 466 g/mol. The Morgan fingerprint density at radius 1 is 0.816 bits per heavy atom. The molecule has 3 nitrogen and oxygen atoms in total. The summed E-state index contributed by atoms with van der Waals surface area (Å²) >= 11 is 0. The molecule has 1 aliphatic carbocycles. The topological polar surface area (TPSA) is 50.1 Å². The van der Waals surface area contributed by atoms with E-state index >= 15 is 0 Å². The number of ether oxygens (including phenoxy) is 1. The van der Waals surface area contributed by atoms with Gasteiger partial charge in [-0.3, -0.25) is 0 Å². The van der Waals surface area contributed by atoms with Gasteiger partial charge in [0.2, 0.25) is 0 Å². The second-order valence-electron chi connectivity index (χ2n) is 11.4. The molecule has 0 saturated heterocycles. The first-order chi connectivity index (χ1) is 18.6. The molecule has 0 spiro atoms. The van der Waals surface area contributed by atoms with Crippen LogP contribution >= 0.6 is 0 Å². The number of nitriles is 1. The van der Waals surface area contributed by atoms with Crippen LogP contribution in [0.4, 0.5) is 0 Å². The zero-order valence-corrected chi connectivity index (χ0v) is 24.0. The van der Waals surface area contributed by atoms with Crippen molar-refractivity contribution in [1.82, 2.24) is 0 Å². The molecule has 38 heavy (non-hydrogen) atoms. The van der Waals surface area contributed by atoms with Crippen molar-refractivity contribution in [2.45, 2.75) is 129 Å². The highest BCUT2D eigenvalue weighted by Gasteiger charge is 2.22. The van der Waals surface area contributed by atoms with E-state index < -0.39 is 5.97 Å². The number of hydrogen-bond donors (Lipinski definition) is 0. The molecule has 1 aliphatic rings. The quantitative estimate of drug-likeness (QED) is 0.127. The van der Waals surface area contributed by atoms with Gasteiger partial charge in [0.1, 0.15) is 11.8 Å². The van der Waals surface area contributed by atoms with Gasteiger partial charge in [-0.15, -0.1) is 0 Å². The Morgan fingerprint density at radius 2 is 1.45 bits per heavy atom. The summed E-state index contributed by atoms with van der Waals surface area (Å²) < 4.78 is 5.63. The molecule has 1 fully saturated rings. The largest absolute Gasteiger partial charge is 0.422 e. The van der Waals surface area contributed by atoms with Crippen molar-refractivity contribution in [2.75, 3.05) is 0 Å². The lowest BCUT2D eigenvalue weighted by Crippen LogP contribution is -2.14. The molecule has 0 heterocycles. The van der Waals surface area contributed by atoms with E-state index in [1.54, 1.807) is 6.07 Å². The van der Waals surface area contributed by atoms with Gasteiger partial charge in [0.25, 0.3) is 0 Å². The molecule has 0 radical (unpaired) electrons. The van der Waals surface area contributed by atoms with Crippen molar-refractivity contribution in [1.29, 1.82) is 5.26 Å². The zero-order chi connectivity index (χ0) is 27.0. The lowest BCUT2D eigenvalue weighted by molar-refractivity contribution is 0.0734. The molecule has 3 heteroatoms. The summed E-state index contributed by atoms with van der Waals surface area (Å²) in [4.78, 5) is 12.8. The van der Waals surface area contributed by atoms with Crippen LogP contribution < -0.4 is 4.74 Å². The molecule has 0 unspecified atom stereocenters. The number of esters is 1. The van der Waals surface area contributed by atoms with Crippen molar-refractivity contribution < 1.29 is 9.53 Å². The van der Waals surface area contributed by atoms with E-state index in [-0.39, 0.29) is 0 Å². The van der Waals surface area contributed by atoms with Gasteiger partial charge >= 0.3 is 5.97 Å². The monoisotopic (exact) mass is 515 g/mol. The minimum Gasteiger partial charge on any atom is -0.422 e. The highest BCUT2D eigenvalue weighted by molar-refractivity contribution is 5.91. The summed E-state index contributed by atoms with van der Waals surface area (Å²) in [5.74, 6) is 1.44. The van der Waals surface area contributed by atoms with E-state index in [2.05, 4.69) is 32.0 Å². The van der Waals surface area contributed by atoms with Crippen molar-refractivity contribution in [3.8, 4) is 11.8 Å². The summed E-state index contributed by atoms with van der Waals surface area (Å²) in [6.45, 7) is 4.48. The number of hydrogen-bond acceptors (Lipinski definition) is 3. The summed E-state index contributed by atoms with van der Waals surface area (Å²) in [5, 5.41) is 9.59. The minimum absolute atomic E-state index is 0.346. The first-order valence-electron chi connectivity index (χ1n) is 15.5. The summed E-state index contributed by atoms with van der Waals surface area (Å²) in [5.41, 5.74) is 3.42. The zero-order valence-electron chi connectivity index (χ0n) is 24.0. The SMILES string of the molecule is CCCCCCCCCC1CCC(c2ccc(C(=O)Oc3ccc(CCCCCC)cc3C#N)cc2)CC1. The molecule has 0 N–H and O–H groups in total. The number of aryl methyl sites for hydroxylation is 1. The van der Waals surface area contributed by atoms with Crippen molar-refractivity contribution in [3.63, 3.8) is 0 Å². The highest BCUT2D eigenvalue weighted by atomic mass is 16.5. The fraction of sp³-hybridized carbons (Fsp3) is 0.600. The van der Waals surface area contributed by atoms with Crippen molar-refractivity contribution >= 4 is 5.97 Å². The Kier molecular flexibility index (Phi) is 13.5. The van der Waals surface area contributed by atoms with Crippen LogP contribution in [0, 0.1) is 17.2 Å². The van der Waals surface area contributed by atoms with E-state index in [1.165, 1.54) is 102 Å². The Labute approximate surface area is 232 Å². The molecule has 2 aromatic rings. The van der Waals surface area contributed by atoms with Crippen LogP contribution in [0.5, 0.6) is 5.75 Å². The highest BCUT2D eigenvalue weighted by Crippen LogP contribution is 2.38. The lowest BCUT2D eigenvalue weighted by Gasteiger charge is -2.29. The standard InChI is InChI=1S/C35H49NO2/c1-3-5-7-9-10-11-13-14-28-16-19-30(20-17-28)31-21-23-32(24-22-31)35(37)38-34-25-18-29(26-33(34)27-36)15-12-8-6-4-2/h18,21-26,28,30H,3-17,19-20H2,1-2H3. The van der Waals surface area contributed by atoms with Gasteiger partial charge in [0.15, 0.2) is 0 Å².